The summed E-state index contributed by atoms with van der Waals surface area (Å²) in [5.74, 6) is 0.183. The minimum Gasteiger partial charge on any atom is -0.497 e. The highest BCUT2D eigenvalue weighted by atomic mass is 16.5. The summed E-state index contributed by atoms with van der Waals surface area (Å²) < 4.78 is 5.14. The number of hydrogen-bond acceptors (Lipinski definition) is 5. The van der Waals surface area contributed by atoms with Gasteiger partial charge in [-0.2, -0.15) is 0 Å². The Morgan fingerprint density at radius 2 is 1.55 bits per heavy atom. The SMILES string of the molecule is COc1ccc(NC(=O)c2ccccc2NC(=O)CNC[C@H](c2ccccc2)N(C)C)cc1. The highest BCUT2D eigenvalue weighted by molar-refractivity contribution is 6.10. The Bertz CT molecular complexity index is 1050. The highest BCUT2D eigenvalue weighted by Gasteiger charge is 2.16. The quantitative estimate of drug-likeness (QED) is 0.442. The molecule has 3 rings (SSSR count). The molecule has 1 atom stereocenters. The van der Waals surface area contributed by atoms with E-state index in [1.807, 2.05) is 32.3 Å². The summed E-state index contributed by atoms with van der Waals surface area (Å²) in [7, 11) is 5.61. The van der Waals surface area contributed by atoms with Gasteiger partial charge in [0, 0.05) is 18.3 Å². The van der Waals surface area contributed by atoms with Crippen LogP contribution >= 0.6 is 0 Å². The van der Waals surface area contributed by atoms with E-state index < -0.39 is 0 Å². The molecule has 172 valence electrons. The number of amides is 2. The number of carbonyl (C=O) groups excluding carboxylic acids is 2. The Morgan fingerprint density at radius 1 is 0.879 bits per heavy atom. The van der Waals surface area contributed by atoms with Crippen LogP contribution in [0.2, 0.25) is 0 Å². The van der Waals surface area contributed by atoms with Gasteiger partial charge in [0.25, 0.3) is 5.91 Å². The van der Waals surface area contributed by atoms with E-state index in [1.54, 1.807) is 55.6 Å². The maximum Gasteiger partial charge on any atom is 0.257 e. The van der Waals surface area contributed by atoms with Gasteiger partial charge in [0.2, 0.25) is 5.91 Å². The molecule has 2 amide bonds. The van der Waals surface area contributed by atoms with Crippen LogP contribution in [0.1, 0.15) is 22.0 Å². The van der Waals surface area contributed by atoms with Crippen LogP contribution in [0.5, 0.6) is 5.75 Å². The Morgan fingerprint density at radius 3 is 2.21 bits per heavy atom. The number of nitrogens with zero attached hydrogens (tertiary/aromatic N) is 1. The van der Waals surface area contributed by atoms with Gasteiger partial charge in [-0.3, -0.25) is 9.59 Å². The number of carbonyl (C=O) groups is 2. The smallest absolute Gasteiger partial charge is 0.257 e. The van der Waals surface area contributed by atoms with Crippen LogP contribution in [0.25, 0.3) is 0 Å². The van der Waals surface area contributed by atoms with Gasteiger partial charge >= 0.3 is 0 Å². The highest BCUT2D eigenvalue weighted by Crippen LogP contribution is 2.20. The molecule has 0 fully saturated rings. The van der Waals surface area contributed by atoms with E-state index in [2.05, 4.69) is 33.0 Å². The standard InChI is InChI=1S/C26H30N4O3/c1-30(2)24(19-9-5-4-6-10-19)17-27-18-25(31)29-23-12-8-7-11-22(23)26(32)28-20-13-15-21(33-3)16-14-20/h4-16,24,27H,17-18H2,1-3H3,(H,28,32)(H,29,31)/t24-/m1/s1. The second kappa shape index (κ2) is 11.8. The summed E-state index contributed by atoms with van der Waals surface area (Å²) in [6, 6.07) is 24.3. The lowest BCUT2D eigenvalue weighted by Crippen LogP contribution is -2.35. The van der Waals surface area contributed by atoms with Gasteiger partial charge in [-0.15, -0.1) is 0 Å². The van der Waals surface area contributed by atoms with Crippen LogP contribution < -0.4 is 20.7 Å². The number of benzene rings is 3. The molecule has 0 radical (unpaired) electrons. The molecule has 3 N–H and O–H groups in total. The molecule has 0 bridgehead atoms. The molecule has 33 heavy (non-hydrogen) atoms. The first-order chi connectivity index (χ1) is 16.0. The van der Waals surface area contributed by atoms with E-state index in [0.717, 1.165) is 0 Å². The zero-order valence-corrected chi connectivity index (χ0v) is 19.2. The lowest BCUT2D eigenvalue weighted by atomic mass is 10.1. The van der Waals surface area contributed by atoms with Crippen molar-refractivity contribution < 1.29 is 14.3 Å². The van der Waals surface area contributed by atoms with Gasteiger partial charge in [-0.1, -0.05) is 42.5 Å². The minimum atomic E-state index is -0.305. The molecule has 0 saturated heterocycles. The van der Waals surface area contributed by atoms with E-state index in [4.69, 9.17) is 4.74 Å². The molecule has 7 heteroatoms. The molecule has 0 aliphatic carbocycles. The zero-order valence-electron chi connectivity index (χ0n) is 19.2. The molecule has 0 aliphatic heterocycles. The second-order valence-electron chi connectivity index (χ2n) is 7.80. The molecule has 7 nitrogen and oxygen atoms in total. The Hall–Kier alpha value is -3.68. The number of para-hydroxylation sites is 1. The lowest BCUT2D eigenvalue weighted by molar-refractivity contribution is -0.115. The first-order valence-corrected chi connectivity index (χ1v) is 10.7. The van der Waals surface area contributed by atoms with Crippen LogP contribution in [-0.4, -0.2) is 51.0 Å². The van der Waals surface area contributed by atoms with Gasteiger partial charge in [-0.05, 0) is 56.1 Å². The number of rotatable bonds is 10. The van der Waals surface area contributed by atoms with E-state index in [1.165, 1.54) is 5.56 Å². The van der Waals surface area contributed by atoms with Gasteiger partial charge in [0.1, 0.15) is 5.75 Å². The van der Waals surface area contributed by atoms with E-state index in [0.29, 0.717) is 29.2 Å². The predicted octanol–water partition coefficient (Wildman–Crippen LogP) is 3.78. The number of nitrogens with one attached hydrogen (secondary N) is 3. The first-order valence-electron chi connectivity index (χ1n) is 10.7. The largest absolute Gasteiger partial charge is 0.497 e. The third kappa shape index (κ3) is 6.90. The lowest BCUT2D eigenvalue weighted by Gasteiger charge is -2.25. The Labute approximate surface area is 194 Å². The average molecular weight is 447 g/mol. The van der Waals surface area contributed by atoms with E-state index >= 15 is 0 Å². The average Bonchev–Trinajstić information content (AvgIpc) is 2.83. The summed E-state index contributed by atoms with van der Waals surface area (Å²) in [6.07, 6.45) is 0. The first kappa shape index (κ1) is 24.0. The molecular formula is C26H30N4O3. The summed E-state index contributed by atoms with van der Waals surface area (Å²) in [5.41, 5.74) is 2.66. The van der Waals surface area contributed by atoms with Crippen LogP contribution in [-0.2, 0) is 4.79 Å². The van der Waals surface area contributed by atoms with Gasteiger partial charge in [0.05, 0.1) is 24.9 Å². The van der Waals surface area contributed by atoms with Crippen LogP contribution in [0.15, 0.2) is 78.9 Å². The molecule has 0 spiro atoms. The second-order valence-corrected chi connectivity index (χ2v) is 7.80. The van der Waals surface area contributed by atoms with Crippen LogP contribution in [0, 0.1) is 0 Å². The number of ether oxygens (including phenoxy) is 1. The molecule has 0 saturated carbocycles. The fourth-order valence-corrected chi connectivity index (χ4v) is 3.45. The number of anilines is 2. The number of likely N-dealkylation sites (N-methyl/N-ethyl adjacent to an activating group) is 1. The molecule has 0 aromatic heterocycles. The molecule has 0 heterocycles. The topological polar surface area (TPSA) is 82.7 Å². The molecule has 3 aromatic rings. The van der Waals surface area contributed by atoms with Crippen molar-refractivity contribution in [3.8, 4) is 5.75 Å². The van der Waals surface area contributed by atoms with Crippen molar-refractivity contribution in [2.45, 2.75) is 6.04 Å². The van der Waals surface area contributed by atoms with Gasteiger partial charge < -0.3 is 25.6 Å². The number of methoxy groups -OCH3 is 1. The molecule has 3 aromatic carbocycles. The van der Waals surface area contributed by atoms with Crippen molar-refractivity contribution in [1.82, 2.24) is 10.2 Å². The van der Waals surface area contributed by atoms with Crippen molar-refractivity contribution in [2.24, 2.45) is 0 Å². The molecular weight excluding hydrogens is 416 g/mol. The van der Waals surface area contributed by atoms with E-state index in [-0.39, 0.29) is 24.4 Å². The van der Waals surface area contributed by atoms with Crippen molar-refractivity contribution in [3.05, 3.63) is 90.0 Å². The van der Waals surface area contributed by atoms with Crippen molar-refractivity contribution in [2.75, 3.05) is 44.9 Å². The minimum absolute atomic E-state index is 0.131. The van der Waals surface area contributed by atoms with Gasteiger partial charge in [0.15, 0.2) is 0 Å². The summed E-state index contributed by atoms with van der Waals surface area (Å²) >= 11 is 0. The van der Waals surface area contributed by atoms with Crippen LogP contribution in [0.4, 0.5) is 11.4 Å². The van der Waals surface area contributed by atoms with Gasteiger partial charge in [-0.25, -0.2) is 0 Å². The third-order valence-corrected chi connectivity index (χ3v) is 5.22. The summed E-state index contributed by atoms with van der Waals surface area (Å²) in [6.45, 7) is 0.746. The number of hydrogen-bond donors (Lipinski definition) is 3. The van der Waals surface area contributed by atoms with Crippen LogP contribution in [0.3, 0.4) is 0 Å². The van der Waals surface area contributed by atoms with E-state index in [9.17, 15) is 9.59 Å². The molecule has 0 unspecified atom stereocenters. The Kier molecular flexibility index (Phi) is 8.57. The monoisotopic (exact) mass is 446 g/mol. The predicted molar refractivity (Wildman–Crippen MR) is 132 cm³/mol. The normalized spacial score (nSPS) is 11.6. The summed E-state index contributed by atoms with van der Waals surface area (Å²) in [4.78, 5) is 27.5. The summed E-state index contributed by atoms with van der Waals surface area (Å²) in [5, 5.41) is 8.91. The maximum absolute atomic E-state index is 12.8. The fourth-order valence-electron chi connectivity index (χ4n) is 3.45. The maximum atomic E-state index is 12.8. The molecule has 0 aliphatic rings. The zero-order chi connectivity index (χ0) is 23.6. The van der Waals surface area contributed by atoms with Crippen molar-refractivity contribution >= 4 is 23.2 Å². The third-order valence-electron chi connectivity index (χ3n) is 5.22. The van der Waals surface area contributed by atoms with Crippen molar-refractivity contribution in [1.29, 1.82) is 0 Å². The fraction of sp³-hybridized carbons (Fsp3) is 0.231. The van der Waals surface area contributed by atoms with Crippen molar-refractivity contribution in [3.63, 3.8) is 0 Å². The Balaban J connectivity index is 1.58.